The van der Waals surface area contributed by atoms with Gasteiger partial charge in [0.2, 0.25) is 0 Å². The maximum atomic E-state index is 4.00. The highest BCUT2D eigenvalue weighted by Crippen LogP contribution is 2.18. The van der Waals surface area contributed by atoms with Crippen molar-refractivity contribution in [1.29, 1.82) is 0 Å². The average molecular weight is 180 g/mol. The van der Waals surface area contributed by atoms with E-state index in [4.69, 9.17) is 0 Å². The van der Waals surface area contributed by atoms with E-state index >= 15 is 0 Å². The lowest BCUT2D eigenvalue weighted by atomic mass is 9.96. The van der Waals surface area contributed by atoms with Gasteiger partial charge in [-0.25, -0.2) is 4.68 Å². The maximum Gasteiger partial charge on any atom is 0.156 e. The van der Waals surface area contributed by atoms with Gasteiger partial charge < -0.3 is 0 Å². The van der Waals surface area contributed by atoms with E-state index < -0.39 is 0 Å². The smallest absolute Gasteiger partial charge is 0.156 e. The Balaban J connectivity index is 2.96. The monoisotopic (exact) mass is 180 g/mol. The molecule has 1 aromatic rings. The van der Waals surface area contributed by atoms with Crippen LogP contribution in [0.5, 0.6) is 0 Å². The predicted molar refractivity (Wildman–Crippen MR) is 51.3 cm³/mol. The molecule has 4 heteroatoms. The molecule has 0 amide bonds. The first kappa shape index (κ1) is 9.89. The summed E-state index contributed by atoms with van der Waals surface area (Å²) in [6.07, 6.45) is 0. The molecule has 0 aliphatic carbocycles. The normalized spacial score (nSPS) is 11.7. The van der Waals surface area contributed by atoms with Gasteiger partial charge >= 0.3 is 0 Å². The van der Waals surface area contributed by atoms with Crippen molar-refractivity contribution in [2.75, 3.05) is 0 Å². The molecule has 0 aliphatic rings. The second-order valence-electron chi connectivity index (χ2n) is 4.37. The minimum absolute atomic E-state index is 0.0149. The van der Waals surface area contributed by atoms with Crippen LogP contribution in [0.15, 0.2) is 12.2 Å². The van der Waals surface area contributed by atoms with E-state index in [9.17, 15) is 0 Å². The van der Waals surface area contributed by atoms with Crippen LogP contribution >= 0.6 is 0 Å². The van der Waals surface area contributed by atoms with Gasteiger partial charge in [-0.15, -0.1) is 5.10 Å². The molecule has 0 unspecified atom stereocenters. The Labute approximate surface area is 78.6 Å². The summed E-state index contributed by atoms with van der Waals surface area (Å²) in [5.74, 6) is 0.899. The van der Waals surface area contributed by atoms with Gasteiger partial charge in [0.25, 0.3) is 0 Å². The van der Waals surface area contributed by atoms with Crippen molar-refractivity contribution in [3.63, 3.8) is 0 Å². The average Bonchev–Trinajstić information content (AvgIpc) is 2.31. The molecular formula is C9H16N4. The van der Waals surface area contributed by atoms with Crippen molar-refractivity contribution in [3.05, 3.63) is 18.0 Å². The predicted octanol–water partition coefficient (Wildman–Crippen LogP) is 1.55. The molecule has 0 saturated heterocycles. The second-order valence-corrected chi connectivity index (χ2v) is 4.37. The molecule has 0 aliphatic heterocycles. The Bertz CT molecular complexity index is 306. The third kappa shape index (κ3) is 2.37. The zero-order chi connectivity index (χ0) is 10.1. The number of aromatic nitrogens is 4. The summed E-state index contributed by atoms with van der Waals surface area (Å²) in [6, 6.07) is 0. The minimum Gasteiger partial charge on any atom is -0.225 e. The molecule has 0 radical (unpaired) electrons. The van der Waals surface area contributed by atoms with E-state index in [1.54, 1.807) is 4.68 Å². The number of hydrogen-bond acceptors (Lipinski definition) is 3. The van der Waals surface area contributed by atoms with Crippen molar-refractivity contribution in [2.24, 2.45) is 0 Å². The van der Waals surface area contributed by atoms with Crippen LogP contribution in [0.1, 0.15) is 33.5 Å². The van der Waals surface area contributed by atoms with E-state index in [1.807, 2.05) is 6.92 Å². The van der Waals surface area contributed by atoms with Gasteiger partial charge in [-0.1, -0.05) is 32.9 Å². The zero-order valence-electron chi connectivity index (χ0n) is 8.70. The molecule has 72 valence electrons. The maximum absolute atomic E-state index is 4.00. The standard InChI is InChI=1S/C9H16N4/c1-7(2)6-13-8(9(3,4)5)10-11-12-13/h1,6H2,2-5H3. The summed E-state index contributed by atoms with van der Waals surface area (Å²) in [4.78, 5) is 0. The third-order valence-electron chi connectivity index (χ3n) is 1.62. The number of tetrazole rings is 1. The Morgan fingerprint density at radius 2 is 2.08 bits per heavy atom. The number of nitrogens with zero attached hydrogens (tertiary/aromatic N) is 4. The summed E-state index contributed by atoms with van der Waals surface area (Å²) in [7, 11) is 0. The van der Waals surface area contributed by atoms with Crippen molar-refractivity contribution in [2.45, 2.75) is 39.7 Å². The molecule has 0 saturated carbocycles. The molecule has 0 aromatic carbocycles. The van der Waals surface area contributed by atoms with Crippen LogP contribution in [0.2, 0.25) is 0 Å². The van der Waals surface area contributed by atoms with Crippen LogP contribution in [0.3, 0.4) is 0 Å². The highest BCUT2D eigenvalue weighted by molar-refractivity contribution is 5.01. The lowest BCUT2D eigenvalue weighted by Crippen LogP contribution is -2.20. The van der Waals surface area contributed by atoms with E-state index in [0.717, 1.165) is 11.4 Å². The van der Waals surface area contributed by atoms with Gasteiger partial charge in [0.1, 0.15) is 0 Å². The number of rotatable bonds is 2. The lowest BCUT2D eigenvalue weighted by Gasteiger charge is -2.16. The highest BCUT2D eigenvalue weighted by atomic mass is 15.5. The highest BCUT2D eigenvalue weighted by Gasteiger charge is 2.21. The van der Waals surface area contributed by atoms with Crippen LogP contribution in [-0.4, -0.2) is 20.2 Å². The Hall–Kier alpha value is -1.19. The van der Waals surface area contributed by atoms with Crippen LogP contribution < -0.4 is 0 Å². The molecule has 0 N–H and O–H groups in total. The lowest BCUT2D eigenvalue weighted by molar-refractivity contribution is 0.488. The van der Waals surface area contributed by atoms with E-state index in [1.165, 1.54) is 0 Å². The Kier molecular flexibility index (Phi) is 2.50. The fraction of sp³-hybridized carbons (Fsp3) is 0.667. The molecule has 13 heavy (non-hydrogen) atoms. The van der Waals surface area contributed by atoms with E-state index in [-0.39, 0.29) is 5.41 Å². The fourth-order valence-corrected chi connectivity index (χ4v) is 1.10. The second kappa shape index (κ2) is 3.28. The van der Waals surface area contributed by atoms with Crippen LogP contribution in [-0.2, 0) is 12.0 Å². The van der Waals surface area contributed by atoms with Crippen molar-refractivity contribution >= 4 is 0 Å². The Morgan fingerprint density at radius 1 is 1.46 bits per heavy atom. The third-order valence-corrected chi connectivity index (χ3v) is 1.62. The molecular weight excluding hydrogens is 164 g/mol. The van der Waals surface area contributed by atoms with Gasteiger partial charge in [-0.3, -0.25) is 0 Å². The van der Waals surface area contributed by atoms with Gasteiger partial charge in [0, 0.05) is 5.41 Å². The van der Waals surface area contributed by atoms with Crippen molar-refractivity contribution in [1.82, 2.24) is 20.2 Å². The molecule has 1 aromatic heterocycles. The summed E-state index contributed by atoms with van der Waals surface area (Å²) >= 11 is 0. The minimum atomic E-state index is -0.0149. The molecule has 4 nitrogen and oxygen atoms in total. The SMILES string of the molecule is C=C(C)Cn1nnnc1C(C)(C)C. The van der Waals surface area contributed by atoms with Gasteiger partial charge in [-0.05, 0) is 17.4 Å². The van der Waals surface area contributed by atoms with E-state index in [2.05, 4.69) is 42.9 Å². The quantitative estimate of drug-likeness (QED) is 0.648. The van der Waals surface area contributed by atoms with Gasteiger partial charge in [0.15, 0.2) is 5.82 Å². The largest absolute Gasteiger partial charge is 0.225 e. The first-order valence-electron chi connectivity index (χ1n) is 4.32. The van der Waals surface area contributed by atoms with Crippen molar-refractivity contribution < 1.29 is 0 Å². The Morgan fingerprint density at radius 3 is 2.54 bits per heavy atom. The van der Waals surface area contributed by atoms with Crippen LogP contribution in [0.25, 0.3) is 0 Å². The topological polar surface area (TPSA) is 43.6 Å². The van der Waals surface area contributed by atoms with Crippen molar-refractivity contribution in [3.8, 4) is 0 Å². The summed E-state index contributed by atoms with van der Waals surface area (Å²) in [5, 5.41) is 11.6. The molecule has 0 bridgehead atoms. The van der Waals surface area contributed by atoms with E-state index in [0.29, 0.717) is 6.54 Å². The van der Waals surface area contributed by atoms with Gasteiger partial charge in [0.05, 0.1) is 6.54 Å². The fourth-order valence-electron chi connectivity index (χ4n) is 1.10. The summed E-state index contributed by atoms with van der Waals surface area (Å²) in [6.45, 7) is 12.8. The zero-order valence-corrected chi connectivity index (χ0v) is 8.70. The number of hydrogen-bond donors (Lipinski definition) is 0. The van der Waals surface area contributed by atoms with Crippen LogP contribution in [0.4, 0.5) is 0 Å². The molecule has 0 atom stereocenters. The summed E-state index contributed by atoms with van der Waals surface area (Å²) in [5.41, 5.74) is 1.04. The molecule has 1 heterocycles. The number of allylic oxidation sites excluding steroid dienone is 1. The molecule has 0 fully saturated rings. The van der Waals surface area contributed by atoms with Gasteiger partial charge in [-0.2, -0.15) is 0 Å². The first-order chi connectivity index (χ1) is 5.91. The first-order valence-corrected chi connectivity index (χ1v) is 4.32. The summed E-state index contributed by atoms with van der Waals surface area (Å²) < 4.78 is 1.79. The molecule has 1 rings (SSSR count). The van der Waals surface area contributed by atoms with Crippen LogP contribution in [0, 0.1) is 0 Å². The molecule has 0 spiro atoms.